The van der Waals surface area contributed by atoms with Crippen LogP contribution in [0.25, 0.3) is 10.4 Å². The van der Waals surface area contributed by atoms with Crippen molar-refractivity contribution < 1.29 is 4.74 Å². The smallest absolute Gasteiger partial charge is 0.119 e. The van der Waals surface area contributed by atoms with Gasteiger partial charge in [-0.05, 0) is 49.1 Å². The van der Waals surface area contributed by atoms with Gasteiger partial charge >= 0.3 is 0 Å². The molecular weight excluding hydrogens is 190 g/mol. The molecule has 0 bridgehead atoms. The van der Waals surface area contributed by atoms with Crippen LogP contribution in [0.2, 0.25) is 0 Å². The number of nitrogens with zero attached hydrogens (tertiary/aromatic N) is 3. The molecule has 0 aliphatic carbocycles. The van der Waals surface area contributed by atoms with E-state index in [2.05, 4.69) is 23.9 Å². The number of hydrogen-bond acceptors (Lipinski definition) is 2. The van der Waals surface area contributed by atoms with Crippen LogP contribution < -0.4 is 4.74 Å². The van der Waals surface area contributed by atoms with Gasteiger partial charge < -0.3 is 4.74 Å². The zero-order valence-electron chi connectivity index (χ0n) is 9.10. The van der Waals surface area contributed by atoms with E-state index < -0.39 is 0 Å². The van der Waals surface area contributed by atoms with Crippen molar-refractivity contribution in [2.45, 2.75) is 20.3 Å². The molecule has 0 saturated carbocycles. The number of rotatable bonds is 5. The molecule has 0 N–H and O–H groups in total. The molecule has 0 aliphatic heterocycles. The third kappa shape index (κ3) is 3.92. The summed E-state index contributed by atoms with van der Waals surface area (Å²) >= 11 is 0. The maximum Gasteiger partial charge on any atom is 0.119 e. The minimum Gasteiger partial charge on any atom is -0.494 e. The molecule has 0 amide bonds. The average Bonchev–Trinajstić information content (AvgIpc) is 2.23. The first-order valence-corrected chi connectivity index (χ1v) is 4.95. The summed E-state index contributed by atoms with van der Waals surface area (Å²) in [6, 6.07) is 6.01. The van der Waals surface area contributed by atoms with Gasteiger partial charge in [0, 0.05) is 11.5 Å². The first-order valence-electron chi connectivity index (χ1n) is 4.95. The Morgan fingerprint density at radius 1 is 1.33 bits per heavy atom. The summed E-state index contributed by atoms with van der Waals surface area (Å²) in [5, 5.41) is 3.44. The zero-order valence-corrected chi connectivity index (χ0v) is 9.10. The van der Waals surface area contributed by atoms with Gasteiger partial charge in [-0.25, -0.2) is 0 Å². The Bertz CT molecular complexity index is 370. The Morgan fingerprint density at radius 2 is 2.13 bits per heavy atom. The van der Waals surface area contributed by atoms with E-state index in [1.54, 1.807) is 0 Å². The summed E-state index contributed by atoms with van der Waals surface area (Å²) in [5.74, 6) is 0.874. The van der Waals surface area contributed by atoms with Crippen molar-refractivity contribution >= 4 is 0 Å². The molecule has 1 rings (SSSR count). The molecule has 0 fully saturated rings. The van der Waals surface area contributed by atoms with Crippen LogP contribution in [0.3, 0.4) is 0 Å². The van der Waals surface area contributed by atoms with Crippen molar-refractivity contribution in [1.82, 2.24) is 0 Å². The third-order valence-corrected chi connectivity index (χ3v) is 2.21. The Balaban J connectivity index is 2.37. The second kappa shape index (κ2) is 5.94. The van der Waals surface area contributed by atoms with Gasteiger partial charge in [0.25, 0.3) is 0 Å². The van der Waals surface area contributed by atoms with Gasteiger partial charge in [-0.1, -0.05) is 11.2 Å². The molecule has 0 unspecified atom stereocenters. The fourth-order valence-electron chi connectivity index (χ4n) is 1.17. The van der Waals surface area contributed by atoms with Crippen LogP contribution in [0.4, 0.5) is 0 Å². The molecule has 0 aliphatic rings. The summed E-state index contributed by atoms with van der Waals surface area (Å²) in [6.45, 7) is 5.20. The van der Waals surface area contributed by atoms with E-state index in [-0.39, 0.29) is 0 Å². The molecule has 0 aromatic heterocycles. The normalized spacial score (nSPS) is 9.47. The van der Waals surface area contributed by atoms with Crippen molar-refractivity contribution in [3.05, 3.63) is 39.8 Å². The second-order valence-electron chi connectivity index (χ2n) is 3.40. The Labute approximate surface area is 89.5 Å². The quantitative estimate of drug-likeness (QED) is 0.314. The molecule has 1 aromatic carbocycles. The van der Waals surface area contributed by atoms with Crippen molar-refractivity contribution in [2.24, 2.45) is 5.11 Å². The van der Waals surface area contributed by atoms with Crippen molar-refractivity contribution in [3.8, 4) is 5.75 Å². The van der Waals surface area contributed by atoms with E-state index in [0.717, 1.165) is 12.2 Å². The summed E-state index contributed by atoms with van der Waals surface area (Å²) in [4.78, 5) is 2.68. The Hall–Kier alpha value is -1.67. The van der Waals surface area contributed by atoms with Gasteiger partial charge in [-0.2, -0.15) is 0 Å². The highest BCUT2D eigenvalue weighted by atomic mass is 16.5. The van der Waals surface area contributed by atoms with Crippen LogP contribution in [0.15, 0.2) is 23.3 Å². The van der Waals surface area contributed by atoms with Crippen LogP contribution in [-0.2, 0) is 0 Å². The number of aryl methyl sites for hydroxylation is 2. The van der Waals surface area contributed by atoms with E-state index in [0.29, 0.717) is 13.2 Å². The van der Waals surface area contributed by atoms with Gasteiger partial charge in [-0.3, -0.25) is 0 Å². The van der Waals surface area contributed by atoms with Crippen LogP contribution >= 0.6 is 0 Å². The van der Waals surface area contributed by atoms with Crippen LogP contribution in [0, 0.1) is 13.8 Å². The van der Waals surface area contributed by atoms with E-state index in [1.165, 1.54) is 11.1 Å². The first kappa shape index (κ1) is 11.4. The van der Waals surface area contributed by atoms with E-state index in [4.69, 9.17) is 10.3 Å². The van der Waals surface area contributed by atoms with E-state index in [1.807, 2.05) is 18.2 Å². The predicted octanol–water partition coefficient (Wildman–Crippen LogP) is 3.38. The number of benzene rings is 1. The number of azide groups is 1. The second-order valence-corrected chi connectivity index (χ2v) is 3.40. The summed E-state index contributed by atoms with van der Waals surface area (Å²) in [7, 11) is 0. The predicted molar refractivity (Wildman–Crippen MR) is 60.0 cm³/mol. The summed E-state index contributed by atoms with van der Waals surface area (Å²) in [6.07, 6.45) is 0.747. The topological polar surface area (TPSA) is 58.0 Å². The van der Waals surface area contributed by atoms with Gasteiger partial charge in [0.1, 0.15) is 5.75 Å². The lowest BCUT2D eigenvalue weighted by Crippen LogP contribution is -1.99. The molecule has 0 heterocycles. The molecule has 80 valence electrons. The molecular formula is C11H15N3O. The third-order valence-electron chi connectivity index (χ3n) is 2.21. The van der Waals surface area contributed by atoms with Gasteiger partial charge in [0.2, 0.25) is 0 Å². The van der Waals surface area contributed by atoms with Gasteiger partial charge in [0.05, 0.1) is 6.61 Å². The molecule has 15 heavy (non-hydrogen) atoms. The SMILES string of the molecule is Cc1ccc(OCCCN=[N+]=[N-])cc1C. The Kier molecular flexibility index (Phi) is 4.51. The minimum atomic E-state index is 0.487. The molecule has 4 nitrogen and oxygen atoms in total. The fourth-order valence-corrected chi connectivity index (χ4v) is 1.17. The highest BCUT2D eigenvalue weighted by Crippen LogP contribution is 2.16. The van der Waals surface area contributed by atoms with Gasteiger partial charge in [0.15, 0.2) is 0 Å². The number of hydrogen-bond donors (Lipinski definition) is 0. The van der Waals surface area contributed by atoms with E-state index >= 15 is 0 Å². The van der Waals surface area contributed by atoms with Crippen molar-refractivity contribution in [1.29, 1.82) is 0 Å². The Morgan fingerprint density at radius 3 is 2.80 bits per heavy atom. The fraction of sp³-hybridized carbons (Fsp3) is 0.455. The standard InChI is InChI=1S/C11H15N3O/c1-9-4-5-11(8-10(9)2)15-7-3-6-13-14-12/h4-5,8H,3,6-7H2,1-2H3. The monoisotopic (exact) mass is 205 g/mol. The van der Waals surface area contributed by atoms with Crippen molar-refractivity contribution in [3.63, 3.8) is 0 Å². The molecule has 0 radical (unpaired) electrons. The highest BCUT2D eigenvalue weighted by Gasteiger charge is 1.96. The first-order chi connectivity index (χ1) is 7.24. The van der Waals surface area contributed by atoms with Crippen molar-refractivity contribution in [2.75, 3.05) is 13.2 Å². The van der Waals surface area contributed by atoms with Crippen LogP contribution in [0.1, 0.15) is 17.5 Å². The summed E-state index contributed by atoms with van der Waals surface area (Å²) in [5.41, 5.74) is 10.6. The maximum absolute atomic E-state index is 8.07. The lowest BCUT2D eigenvalue weighted by molar-refractivity contribution is 0.313. The molecule has 1 aromatic rings. The van der Waals surface area contributed by atoms with Crippen LogP contribution in [0.5, 0.6) is 5.75 Å². The molecule has 0 atom stereocenters. The molecule has 0 spiro atoms. The van der Waals surface area contributed by atoms with Crippen LogP contribution in [-0.4, -0.2) is 13.2 Å². The summed E-state index contributed by atoms with van der Waals surface area (Å²) < 4.78 is 5.51. The molecule has 4 heteroatoms. The minimum absolute atomic E-state index is 0.487. The largest absolute Gasteiger partial charge is 0.494 e. The average molecular weight is 205 g/mol. The lowest BCUT2D eigenvalue weighted by atomic mass is 10.1. The highest BCUT2D eigenvalue weighted by molar-refractivity contribution is 5.33. The molecule has 0 saturated heterocycles. The van der Waals surface area contributed by atoms with E-state index in [9.17, 15) is 0 Å². The zero-order chi connectivity index (χ0) is 11.1. The number of ether oxygens (including phenoxy) is 1. The maximum atomic E-state index is 8.07. The van der Waals surface area contributed by atoms with Gasteiger partial charge in [-0.15, -0.1) is 0 Å². The lowest BCUT2D eigenvalue weighted by Gasteiger charge is -2.07.